The zero-order chi connectivity index (χ0) is 12.4. The van der Waals surface area contributed by atoms with Crippen molar-refractivity contribution in [3.8, 4) is 0 Å². The monoisotopic (exact) mass is 219 g/mol. The summed E-state index contributed by atoms with van der Waals surface area (Å²) in [5.74, 6) is 0. The van der Waals surface area contributed by atoms with Crippen molar-refractivity contribution in [2.45, 2.75) is 20.3 Å². The third-order valence-corrected chi connectivity index (χ3v) is 1.98. The maximum absolute atomic E-state index is 5.82. The Morgan fingerprint density at radius 3 is 2.50 bits per heavy atom. The molecule has 2 heteroatoms. The highest BCUT2D eigenvalue weighted by molar-refractivity contribution is 5.48. The summed E-state index contributed by atoms with van der Waals surface area (Å²) < 4.78 is 4.93. The summed E-state index contributed by atoms with van der Waals surface area (Å²) in [6, 6.07) is 7.79. The number of hydrogen-bond donors (Lipinski definition) is 1. The van der Waals surface area contributed by atoms with E-state index < -0.39 is 0 Å². The average molecular weight is 219 g/mol. The number of ether oxygens (including phenoxy) is 1. The van der Waals surface area contributed by atoms with Crippen molar-refractivity contribution in [1.29, 1.82) is 0 Å². The first-order valence-corrected chi connectivity index (χ1v) is 5.45. The van der Waals surface area contributed by atoms with Gasteiger partial charge in [-0.1, -0.05) is 44.7 Å². The molecule has 1 rings (SSSR count). The fourth-order valence-corrected chi connectivity index (χ4v) is 1.23. The lowest BCUT2D eigenvalue weighted by molar-refractivity contribution is 0.334. The molecule has 2 nitrogen and oxygen atoms in total. The van der Waals surface area contributed by atoms with E-state index >= 15 is 0 Å². The normalized spacial score (nSPS) is 10.1. The van der Waals surface area contributed by atoms with E-state index in [1.807, 2.05) is 38.1 Å². The zero-order valence-electron chi connectivity index (χ0n) is 10.4. The molecule has 0 aliphatic heterocycles. The third-order valence-electron chi connectivity index (χ3n) is 1.98. The first-order chi connectivity index (χ1) is 7.77. The SMILES string of the molecule is C=C/C(=C\OC)Cc1ccccc1N.CC. The second kappa shape index (κ2) is 8.60. The molecule has 0 amide bonds. The summed E-state index contributed by atoms with van der Waals surface area (Å²) in [4.78, 5) is 0. The zero-order valence-corrected chi connectivity index (χ0v) is 10.4. The molecule has 1 aromatic carbocycles. The maximum Gasteiger partial charge on any atom is 0.0859 e. The number of nitrogen functional groups attached to an aromatic ring is 1. The molecule has 16 heavy (non-hydrogen) atoms. The summed E-state index contributed by atoms with van der Waals surface area (Å²) in [5.41, 5.74) is 8.73. The lowest BCUT2D eigenvalue weighted by Crippen LogP contribution is -1.95. The molecular weight excluding hydrogens is 198 g/mol. The van der Waals surface area contributed by atoms with Crippen LogP contribution >= 0.6 is 0 Å². The molecule has 0 unspecified atom stereocenters. The van der Waals surface area contributed by atoms with Crippen LogP contribution in [0.25, 0.3) is 0 Å². The Morgan fingerprint density at radius 2 is 2.00 bits per heavy atom. The Kier molecular flexibility index (Phi) is 7.68. The van der Waals surface area contributed by atoms with Gasteiger partial charge in [-0.25, -0.2) is 0 Å². The van der Waals surface area contributed by atoms with Crippen molar-refractivity contribution in [3.05, 3.63) is 54.3 Å². The fraction of sp³-hybridized carbons (Fsp3) is 0.286. The lowest BCUT2D eigenvalue weighted by atomic mass is 10.0. The predicted molar refractivity (Wildman–Crippen MR) is 71.2 cm³/mol. The number of benzene rings is 1. The van der Waals surface area contributed by atoms with Gasteiger partial charge in [0.1, 0.15) is 0 Å². The van der Waals surface area contributed by atoms with E-state index in [0.717, 1.165) is 23.2 Å². The van der Waals surface area contributed by atoms with Crippen molar-refractivity contribution in [3.63, 3.8) is 0 Å². The van der Waals surface area contributed by atoms with Gasteiger partial charge in [0.05, 0.1) is 13.4 Å². The van der Waals surface area contributed by atoms with Crippen LogP contribution in [-0.4, -0.2) is 7.11 Å². The largest absolute Gasteiger partial charge is 0.504 e. The van der Waals surface area contributed by atoms with Crippen molar-refractivity contribution in [2.75, 3.05) is 12.8 Å². The summed E-state index contributed by atoms with van der Waals surface area (Å²) >= 11 is 0. The molecule has 88 valence electrons. The van der Waals surface area contributed by atoms with Gasteiger partial charge in [-0.05, 0) is 17.2 Å². The number of para-hydroxylation sites is 1. The van der Waals surface area contributed by atoms with Gasteiger partial charge in [0.15, 0.2) is 0 Å². The summed E-state index contributed by atoms with van der Waals surface area (Å²) in [5, 5.41) is 0. The summed E-state index contributed by atoms with van der Waals surface area (Å²) in [6.45, 7) is 7.72. The van der Waals surface area contributed by atoms with E-state index in [2.05, 4.69) is 6.58 Å². The first kappa shape index (κ1) is 14.3. The van der Waals surface area contributed by atoms with Crippen LogP contribution in [0.5, 0.6) is 0 Å². The molecule has 0 atom stereocenters. The Bertz CT molecular complexity index is 342. The number of hydrogen-bond acceptors (Lipinski definition) is 2. The standard InChI is InChI=1S/C12H15NO.C2H6/c1-3-10(9-14-2)8-11-6-4-5-7-12(11)13;1-2/h3-7,9H,1,8,13H2,2H3;1-2H3/b10-9+;. The van der Waals surface area contributed by atoms with E-state index in [0.29, 0.717) is 0 Å². The summed E-state index contributed by atoms with van der Waals surface area (Å²) in [6.07, 6.45) is 4.21. The highest BCUT2D eigenvalue weighted by Crippen LogP contribution is 2.15. The van der Waals surface area contributed by atoms with Crippen LogP contribution in [0, 0.1) is 0 Å². The van der Waals surface area contributed by atoms with Gasteiger partial charge in [0, 0.05) is 12.1 Å². The smallest absolute Gasteiger partial charge is 0.0859 e. The Balaban J connectivity index is 0.00000106. The highest BCUT2D eigenvalue weighted by atomic mass is 16.5. The van der Waals surface area contributed by atoms with Crippen LogP contribution < -0.4 is 5.73 Å². The molecule has 0 aliphatic carbocycles. The number of methoxy groups -OCH3 is 1. The quantitative estimate of drug-likeness (QED) is 0.477. The first-order valence-electron chi connectivity index (χ1n) is 5.45. The van der Waals surface area contributed by atoms with Crippen molar-refractivity contribution in [2.24, 2.45) is 0 Å². The second-order valence-electron chi connectivity index (χ2n) is 3.01. The third kappa shape index (κ3) is 4.69. The van der Waals surface area contributed by atoms with Crippen LogP contribution in [0.2, 0.25) is 0 Å². The molecule has 1 aromatic rings. The minimum atomic E-state index is 0.754. The van der Waals surface area contributed by atoms with Crippen molar-refractivity contribution in [1.82, 2.24) is 0 Å². The van der Waals surface area contributed by atoms with Crippen molar-refractivity contribution >= 4 is 5.69 Å². The number of rotatable bonds is 4. The van der Waals surface area contributed by atoms with Gasteiger partial charge in [-0.15, -0.1) is 0 Å². The van der Waals surface area contributed by atoms with Crippen LogP contribution in [0.4, 0.5) is 5.69 Å². The lowest BCUT2D eigenvalue weighted by Gasteiger charge is -2.05. The van der Waals surface area contributed by atoms with Crippen LogP contribution in [0.3, 0.4) is 0 Å². The highest BCUT2D eigenvalue weighted by Gasteiger charge is 1.99. The molecule has 0 saturated heterocycles. The van der Waals surface area contributed by atoms with Gasteiger partial charge in [0.2, 0.25) is 0 Å². The Labute approximate surface area is 98.4 Å². The van der Waals surface area contributed by atoms with Gasteiger partial charge in [-0.2, -0.15) is 0 Å². The molecule has 0 saturated carbocycles. The Hall–Kier alpha value is -1.70. The molecule has 0 bridgehead atoms. The van der Waals surface area contributed by atoms with Gasteiger partial charge < -0.3 is 10.5 Å². The minimum Gasteiger partial charge on any atom is -0.504 e. The minimum absolute atomic E-state index is 0.754. The van der Waals surface area contributed by atoms with Gasteiger partial charge >= 0.3 is 0 Å². The van der Waals surface area contributed by atoms with E-state index in [-0.39, 0.29) is 0 Å². The van der Waals surface area contributed by atoms with Gasteiger partial charge in [0.25, 0.3) is 0 Å². The fourth-order valence-electron chi connectivity index (χ4n) is 1.23. The molecule has 2 N–H and O–H groups in total. The number of nitrogens with two attached hydrogens (primary N) is 1. The van der Waals surface area contributed by atoms with Crippen molar-refractivity contribution < 1.29 is 4.74 Å². The number of allylic oxidation sites excluding steroid dienone is 2. The molecule has 0 fully saturated rings. The molecule has 0 radical (unpaired) electrons. The van der Waals surface area contributed by atoms with E-state index in [1.54, 1.807) is 19.4 Å². The van der Waals surface area contributed by atoms with E-state index in [9.17, 15) is 0 Å². The van der Waals surface area contributed by atoms with Gasteiger partial charge in [-0.3, -0.25) is 0 Å². The predicted octanol–water partition coefficient (Wildman–Crippen LogP) is 3.55. The van der Waals surface area contributed by atoms with E-state index in [1.165, 1.54) is 0 Å². The molecule has 0 spiro atoms. The maximum atomic E-state index is 5.82. The van der Waals surface area contributed by atoms with E-state index in [4.69, 9.17) is 10.5 Å². The topological polar surface area (TPSA) is 35.2 Å². The van der Waals surface area contributed by atoms with Crippen LogP contribution in [0.1, 0.15) is 19.4 Å². The molecular formula is C14H21NO. The number of anilines is 1. The van der Waals surface area contributed by atoms with Crippen LogP contribution in [0.15, 0.2) is 48.8 Å². The Morgan fingerprint density at radius 1 is 1.38 bits per heavy atom. The van der Waals surface area contributed by atoms with Crippen LogP contribution in [-0.2, 0) is 11.2 Å². The average Bonchev–Trinajstić information content (AvgIpc) is 2.34. The second-order valence-corrected chi connectivity index (χ2v) is 3.01. The molecule has 0 heterocycles. The summed E-state index contributed by atoms with van der Waals surface area (Å²) in [7, 11) is 1.62. The molecule has 0 aliphatic rings. The molecule has 0 aromatic heterocycles.